The van der Waals surface area contributed by atoms with E-state index >= 15 is 0 Å². The van der Waals surface area contributed by atoms with Gasteiger partial charge < -0.3 is 31.1 Å². The minimum absolute atomic E-state index is 0.175. The maximum absolute atomic E-state index is 12.9. The number of nitrogens with two attached hydrogens (primary N) is 2. The van der Waals surface area contributed by atoms with E-state index in [0.29, 0.717) is 49.4 Å². The molecule has 0 atom stereocenters. The predicted molar refractivity (Wildman–Crippen MR) is 109 cm³/mol. The molecule has 1 fully saturated rings. The molecule has 0 aromatic heterocycles. The van der Waals surface area contributed by atoms with Gasteiger partial charge in [0.2, 0.25) is 0 Å². The van der Waals surface area contributed by atoms with Gasteiger partial charge in [0.1, 0.15) is 5.60 Å². The lowest BCUT2D eigenvalue weighted by Crippen LogP contribution is -2.53. The van der Waals surface area contributed by atoms with Gasteiger partial charge in [0.25, 0.3) is 5.91 Å². The van der Waals surface area contributed by atoms with E-state index in [1.807, 2.05) is 27.7 Å². The van der Waals surface area contributed by atoms with Gasteiger partial charge in [-0.25, -0.2) is 4.79 Å². The fourth-order valence-electron chi connectivity index (χ4n) is 3.22. The van der Waals surface area contributed by atoms with Crippen LogP contribution in [0, 0.1) is 0 Å². The number of piperidine rings is 1. The zero-order valence-corrected chi connectivity index (χ0v) is 17.2. The molecule has 0 saturated carbocycles. The highest BCUT2D eigenvalue weighted by Crippen LogP contribution is 2.26. The Morgan fingerprint density at radius 2 is 1.86 bits per heavy atom. The molecule has 1 aromatic rings. The molecule has 28 heavy (non-hydrogen) atoms. The molecule has 0 unspecified atom stereocenters. The van der Waals surface area contributed by atoms with Crippen molar-refractivity contribution in [2.24, 2.45) is 0 Å². The fraction of sp³-hybridized carbons (Fsp3) is 0.600. The van der Waals surface area contributed by atoms with Crippen LogP contribution in [0.1, 0.15) is 50.9 Å². The van der Waals surface area contributed by atoms with Crippen molar-refractivity contribution in [2.45, 2.75) is 51.7 Å². The van der Waals surface area contributed by atoms with Crippen LogP contribution in [0.15, 0.2) is 18.2 Å². The highest BCUT2D eigenvalue weighted by atomic mass is 16.6. The monoisotopic (exact) mass is 392 g/mol. The lowest BCUT2D eigenvalue weighted by atomic mass is 9.90. The molecule has 0 radical (unpaired) electrons. The SMILES string of the molecule is CCN(CC1(O)CCN(C(=O)OC(C)(C)C)CC1)C(=O)c1ccc(N)cc1N. The summed E-state index contributed by atoms with van der Waals surface area (Å²) in [5.41, 5.74) is 11.2. The quantitative estimate of drug-likeness (QED) is 0.674. The van der Waals surface area contributed by atoms with Crippen LogP contribution in [0.3, 0.4) is 0 Å². The molecule has 1 saturated heterocycles. The number of likely N-dealkylation sites (tertiary alicyclic amines) is 1. The van der Waals surface area contributed by atoms with Gasteiger partial charge in [-0.05, 0) is 58.7 Å². The maximum Gasteiger partial charge on any atom is 0.410 e. The van der Waals surface area contributed by atoms with Crippen LogP contribution in [-0.4, -0.2) is 64.3 Å². The molecule has 8 nitrogen and oxygen atoms in total. The number of carbonyl (C=O) groups is 2. The van der Waals surface area contributed by atoms with Crippen LogP contribution in [0.2, 0.25) is 0 Å². The van der Waals surface area contributed by atoms with Crippen LogP contribution < -0.4 is 11.5 Å². The number of anilines is 2. The Kier molecular flexibility index (Phi) is 6.44. The molecule has 156 valence electrons. The van der Waals surface area contributed by atoms with E-state index in [2.05, 4.69) is 0 Å². The van der Waals surface area contributed by atoms with Crippen molar-refractivity contribution in [3.8, 4) is 0 Å². The lowest BCUT2D eigenvalue weighted by molar-refractivity contribution is -0.0460. The molecular weight excluding hydrogens is 360 g/mol. The molecular formula is C20H32N4O4. The van der Waals surface area contributed by atoms with Gasteiger partial charge in [0.05, 0.1) is 11.2 Å². The van der Waals surface area contributed by atoms with Crippen LogP contribution in [-0.2, 0) is 4.74 Å². The van der Waals surface area contributed by atoms with E-state index in [0.717, 1.165) is 0 Å². The van der Waals surface area contributed by atoms with Crippen LogP contribution >= 0.6 is 0 Å². The van der Waals surface area contributed by atoms with E-state index < -0.39 is 11.2 Å². The second-order valence-corrected chi connectivity index (χ2v) is 8.36. The molecule has 1 aliphatic heterocycles. The van der Waals surface area contributed by atoms with Gasteiger partial charge in [0.15, 0.2) is 0 Å². The van der Waals surface area contributed by atoms with Crippen molar-refractivity contribution >= 4 is 23.4 Å². The van der Waals surface area contributed by atoms with Crippen molar-refractivity contribution in [1.29, 1.82) is 0 Å². The number of likely N-dealkylation sites (N-methyl/N-ethyl adjacent to an activating group) is 1. The highest BCUT2D eigenvalue weighted by molar-refractivity contribution is 5.99. The summed E-state index contributed by atoms with van der Waals surface area (Å²) in [6.45, 7) is 8.67. The molecule has 1 aromatic carbocycles. The smallest absolute Gasteiger partial charge is 0.410 e. The third-order valence-electron chi connectivity index (χ3n) is 4.81. The van der Waals surface area contributed by atoms with E-state index in [9.17, 15) is 14.7 Å². The molecule has 5 N–H and O–H groups in total. The number of nitrogen functional groups attached to an aromatic ring is 2. The normalized spacial score (nSPS) is 16.5. The standard InChI is InChI=1S/C20H32N4O4/c1-5-23(17(25)15-7-6-14(21)12-16(15)22)13-20(27)8-10-24(11-9-20)18(26)28-19(2,3)4/h6-7,12,27H,5,8-11,13,21-22H2,1-4H3. The predicted octanol–water partition coefficient (Wildman–Crippen LogP) is 2.08. The zero-order chi connectivity index (χ0) is 21.1. The summed E-state index contributed by atoms with van der Waals surface area (Å²) in [5.74, 6) is -0.247. The van der Waals surface area contributed by atoms with Crippen molar-refractivity contribution < 1.29 is 19.4 Å². The third-order valence-corrected chi connectivity index (χ3v) is 4.81. The Bertz CT molecular complexity index is 721. The second kappa shape index (κ2) is 8.26. The summed E-state index contributed by atoms with van der Waals surface area (Å²) >= 11 is 0. The molecule has 0 spiro atoms. The Labute approximate surface area is 166 Å². The number of hydrogen-bond donors (Lipinski definition) is 3. The largest absolute Gasteiger partial charge is 0.444 e. The van der Waals surface area contributed by atoms with Gasteiger partial charge in [-0.15, -0.1) is 0 Å². The summed E-state index contributed by atoms with van der Waals surface area (Å²) in [6.07, 6.45) is 0.355. The maximum atomic E-state index is 12.9. The lowest BCUT2D eigenvalue weighted by Gasteiger charge is -2.41. The Morgan fingerprint density at radius 1 is 1.25 bits per heavy atom. The molecule has 2 rings (SSSR count). The molecule has 8 heteroatoms. The summed E-state index contributed by atoms with van der Waals surface area (Å²) in [4.78, 5) is 28.2. The highest BCUT2D eigenvalue weighted by Gasteiger charge is 2.37. The Balaban J connectivity index is 2.01. The summed E-state index contributed by atoms with van der Waals surface area (Å²) in [7, 11) is 0. The first-order chi connectivity index (χ1) is 12.9. The number of carbonyl (C=O) groups excluding carboxylic acids is 2. The van der Waals surface area contributed by atoms with Crippen LogP contribution in [0.25, 0.3) is 0 Å². The van der Waals surface area contributed by atoms with Gasteiger partial charge in [-0.1, -0.05) is 0 Å². The van der Waals surface area contributed by atoms with Gasteiger partial charge in [-0.3, -0.25) is 4.79 Å². The summed E-state index contributed by atoms with van der Waals surface area (Å²) in [5, 5.41) is 11.0. The number of hydrogen-bond acceptors (Lipinski definition) is 6. The van der Waals surface area contributed by atoms with Crippen LogP contribution in [0.5, 0.6) is 0 Å². The topological polar surface area (TPSA) is 122 Å². The summed E-state index contributed by atoms with van der Waals surface area (Å²) in [6, 6.07) is 4.78. The fourth-order valence-corrected chi connectivity index (χ4v) is 3.22. The van der Waals surface area contributed by atoms with Gasteiger partial charge in [-0.2, -0.15) is 0 Å². The number of ether oxygens (including phenoxy) is 1. The van der Waals surface area contributed by atoms with E-state index in [1.165, 1.54) is 0 Å². The first kappa shape index (κ1) is 21.8. The first-order valence-electron chi connectivity index (χ1n) is 9.59. The van der Waals surface area contributed by atoms with Crippen molar-refractivity contribution in [2.75, 3.05) is 37.6 Å². The van der Waals surface area contributed by atoms with Gasteiger partial charge >= 0.3 is 6.09 Å². The number of rotatable bonds is 4. The van der Waals surface area contributed by atoms with E-state index in [4.69, 9.17) is 16.2 Å². The molecule has 1 aliphatic rings. The average Bonchev–Trinajstić information content (AvgIpc) is 2.58. The van der Waals surface area contributed by atoms with Crippen LogP contribution in [0.4, 0.5) is 16.2 Å². The number of benzene rings is 1. The average molecular weight is 393 g/mol. The molecule has 2 amide bonds. The summed E-state index contributed by atoms with van der Waals surface area (Å²) < 4.78 is 5.38. The van der Waals surface area contributed by atoms with E-state index in [1.54, 1.807) is 28.0 Å². The Morgan fingerprint density at radius 3 is 2.36 bits per heavy atom. The van der Waals surface area contributed by atoms with Gasteiger partial charge in [0, 0.05) is 37.6 Å². The number of nitrogens with zero attached hydrogens (tertiary/aromatic N) is 2. The van der Waals surface area contributed by atoms with Crippen molar-refractivity contribution in [1.82, 2.24) is 9.80 Å². The van der Waals surface area contributed by atoms with Crippen molar-refractivity contribution in [3.05, 3.63) is 23.8 Å². The number of amides is 2. The minimum atomic E-state index is -1.06. The van der Waals surface area contributed by atoms with Crippen molar-refractivity contribution in [3.63, 3.8) is 0 Å². The van der Waals surface area contributed by atoms with E-state index in [-0.39, 0.29) is 18.5 Å². The number of aliphatic hydroxyl groups is 1. The molecule has 0 bridgehead atoms. The first-order valence-corrected chi connectivity index (χ1v) is 9.59. The second-order valence-electron chi connectivity index (χ2n) is 8.36. The molecule has 0 aliphatic carbocycles. The Hall–Kier alpha value is -2.48. The molecule has 1 heterocycles. The minimum Gasteiger partial charge on any atom is -0.444 e. The zero-order valence-electron chi connectivity index (χ0n) is 17.2. The third kappa shape index (κ3) is 5.51.